The molecule has 6 atom stereocenters. The van der Waals surface area contributed by atoms with Gasteiger partial charge in [0.1, 0.15) is 29.9 Å². The summed E-state index contributed by atoms with van der Waals surface area (Å²) in [6.45, 7) is 8.41. The summed E-state index contributed by atoms with van der Waals surface area (Å²) in [7, 11) is 0. The Labute approximate surface area is 419 Å². The van der Waals surface area contributed by atoms with E-state index in [1.54, 1.807) is 40.9 Å². The number of ether oxygens (including phenoxy) is 4. The summed E-state index contributed by atoms with van der Waals surface area (Å²) >= 11 is 1.66. The highest BCUT2D eigenvalue weighted by molar-refractivity contribution is 7.98. The van der Waals surface area contributed by atoms with Gasteiger partial charge in [0.05, 0.1) is 36.3 Å². The Balaban J connectivity index is 1.34. The van der Waals surface area contributed by atoms with Crippen molar-refractivity contribution in [1.82, 2.24) is 4.90 Å². The van der Waals surface area contributed by atoms with Crippen LogP contribution in [0.15, 0.2) is 156 Å². The van der Waals surface area contributed by atoms with Gasteiger partial charge in [-0.3, -0.25) is 15.0 Å². The van der Waals surface area contributed by atoms with Crippen LogP contribution in [0.5, 0.6) is 17.2 Å². The summed E-state index contributed by atoms with van der Waals surface area (Å²) in [5, 5.41) is 38.6. The molecule has 0 saturated heterocycles. The lowest BCUT2D eigenvalue weighted by atomic mass is 9.55. The van der Waals surface area contributed by atoms with Gasteiger partial charge in [0.2, 0.25) is 5.79 Å². The number of amides is 1. The predicted molar refractivity (Wildman–Crippen MR) is 277 cm³/mol. The van der Waals surface area contributed by atoms with Crippen LogP contribution in [0, 0.1) is 27.9 Å². The Hall–Kier alpha value is -6.45. The second kappa shape index (κ2) is 24.1. The highest BCUT2D eigenvalue weighted by Gasteiger charge is 2.65. The number of thioether (sulfide) groups is 1. The molecule has 0 spiro atoms. The summed E-state index contributed by atoms with van der Waals surface area (Å²) in [6, 6.07) is 33.3. The van der Waals surface area contributed by atoms with Crippen LogP contribution in [0.2, 0.25) is 0 Å². The minimum atomic E-state index is -1.54. The first-order valence-electron chi connectivity index (χ1n) is 24.5. The molecule has 0 unspecified atom stereocenters. The van der Waals surface area contributed by atoms with Crippen molar-refractivity contribution < 1.29 is 43.7 Å². The molecule has 0 radical (unpaired) electrons. The third-order valence-electron chi connectivity index (χ3n) is 13.9. The molecule has 372 valence electrons. The highest BCUT2D eigenvalue weighted by Crippen LogP contribution is 2.62. The Bertz CT molecular complexity index is 2700. The molecule has 14 heteroatoms. The number of oxime groups is 1. The molecule has 0 bridgehead atoms. The molecule has 5 aromatic carbocycles. The molecule has 8 rings (SSSR count). The van der Waals surface area contributed by atoms with Crippen LogP contribution in [0.1, 0.15) is 74.0 Å². The second-order valence-electron chi connectivity index (χ2n) is 18.2. The molecule has 5 aromatic rings. The van der Waals surface area contributed by atoms with Crippen LogP contribution in [-0.4, -0.2) is 76.4 Å². The number of hydrogen-bond donors (Lipinski definition) is 2. The van der Waals surface area contributed by atoms with E-state index >= 15 is 4.79 Å². The van der Waals surface area contributed by atoms with Crippen LogP contribution in [-0.2, 0) is 27.5 Å². The molecular formula is C57H63N3O10S. The number of unbranched alkanes of at least 4 members (excludes halogenated alkanes) is 2. The summed E-state index contributed by atoms with van der Waals surface area (Å²) in [4.78, 5) is 35.2. The quantitative estimate of drug-likeness (QED) is 0.0199. The summed E-state index contributed by atoms with van der Waals surface area (Å²) < 4.78 is 27.4. The van der Waals surface area contributed by atoms with Gasteiger partial charge in [0.15, 0.2) is 0 Å². The molecule has 71 heavy (non-hydrogen) atoms. The Morgan fingerprint density at radius 2 is 1.68 bits per heavy atom. The lowest BCUT2D eigenvalue weighted by Gasteiger charge is -2.59. The average molecular weight is 982 g/mol. The lowest BCUT2D eigenvalue weighted by Crippen LogP contribution is -2.70. The van der Waals surface area contributed by atoms with E-state index in [2.05, 4.69) is 25.3 Å². The predicted octanol–water partition coefficient (Wildman–Crippen LogP) is 12.3. The Morgan fingerprint density at radius 3 is 2.41 bits per heavy atom. The number of aliphatic hydroxyl groups is 2. The SMILES string of the molecule is C=CCCOC(=O)N(Cc1cccc2ccccc12)[C@H]1CC(=NOCc2ccc([N+](=O)[O-])cc2)C2=C[C@H](CCCCO)[C@@H](CCCCO)[C@@H]3c4cc(Oc5ccc(SC)cc5)ccc4O[C@@]1(OCC=C)[C@H]23. The first-order chi connectivity index (χ1) is 34.7. The van der Waals surface area contributed by atoms with Crippen molar-refractivity contribution in [3.63, 3.8) is 0 Å². The fourth-order valence-electron chi connectivity index (χ4n) is 10.6. The molecule has 1 fully saturated rings. The number of rotatable bonds is 24. The van der Waals surface area contributed by atoms with E-state index in [4.69, 9.17) is 28.9 Å². The van der Waals surface area contributed by atoms with Gasteiger partial charge in [-0.25, -0.2) is 4.79 Å². The Morgan fingerprint density at radius 1 is 0.930 bits per heavy atom. The van der Waals surface area contributed by atoms with Crippen molar-refractivity contribution in [2.75, 3.05) is 32.7 Å². The minimum Gasteiger partial charge on any atom is -0.459 e. The van der Waals surface area contributed by atoms with Gasteiger partial charge in [-0.2, -0.15) is 0 Å². The number of fused-ring (bicyclic) bond motifs is 3. The zero-order chi connectivity index (χ0) is 49.7. The van der Waals surface area contributed by atoms with Crippen LogP contribution < -0.4 is 9.47 Å². The van der Waals surface area contributed by atoms with E-state index in [0.717, 1.165) is 58.1 Å². The van der Waals surface area contributed by atoms with Gasteiger partial charge in [-0.15, -0.1) is 24.9 Å². The second-order valence-corrected chi connectivity index (χ2v) is 19.1. The van der Waals surface area contributed by atoms with Crippen molar-refractivity contribution in [2.24, 2.45) is 22.9 Å². The van der Waals surface area contributed by atoms with Gasteiger partial charge < -0.3 is 34.0 Å². The largest absolute Gasteiger partial charge is 0.459 e. The molecule has 1 heterocycles. The first-order valence-corrected chi connectivity index (χ1v) is 25.7. The van der Waals surface area contributed by atoms with Gasteiger partial charge in [0.25, 0.3) is 5.69 Å². The zero-order valence-electron chi connectivity index (χ0n) is 40.2. The molecular weight excluding hydrogens is 919 g/mol. The molecule has 3 aliphatic rings. The van der Waals surface area contributed by atoms with Crippen molar-refractivity contribution in [2.45, 2.75) is 87.2 Å². The normalized spacial score (nSPS) is 21.5. The van der Waals surface area contributed by atoms with E-state index in [-0.39, 0.29) is 69.4 Å². The lowest BCUT2D eigenvalue weighted by molar-refractivity contribution is -0.384. The van der Waals surface area contributed by atoms with Gasteiger partial charge >= 0.3 is 6.09 Å². The maximum Gasteiger partial charge on any atom is 0.410 e. The molecule has 2 aliphatic carbocycles. The number of carbonyl (C=O) groups is 1. The molecule has 0 aromatic heterocycles. The monoisotopic (exact) mass is 981 g/mol. The smallest absolute Gasteiger partial charge is 0.410 e. The van der Waals surface area contributed by atoms with Crippen LogP contribution in [0.25, 0.3) is 10.8 Å². The average Bonchev–Trinajstić information content (AvgIpc) is 3.39. The topological polar surface area (TPSA) is 162 Å². The van der Waals surface area contributed by atoms with Crippen molar-refractivity contribution in [3.05, 3.63) is 173 Å². The molecule has 1 saturated carbocycles. The third kappa shape index (κ3) is 11.5. The van der Waals surface area contributed by atoms with Gasteiger partial charge in [0, 0.05) is 48.1 Å². The number of nitrogens with zero attached hydrogens (tertiary/aromatic N) is 3. The van der Waals surface area contributed by atoms with E-state index in [0.29, 0.717) is 47.8 Å². The maximum absolute atomic E-state index is 15.1. The fourth-order valence-corrected chi connectivity index (χ4v) is 11.0. The highest BCUT2D eigenvalue weighted by atomic mass is 32.2. The van der Waals surface area contributed by atoms with Crippen molar-refractivity contribution in [1.29, 1.82) is 0 Å². The molecule has 1 aliphatic heterocycles. The first kappa shape index (κ1) is 50.9. The van der Waals surface area contributed by atoms with Crippen LogP contribution >= 0.6 is 11.8 Å². The Kier molecular flexibility index (Phi) is 17.3. The molecule has 2 N–H and O–H groups in total. The van der Waals surface area contributed by atoms with Crippen LogP contribution in [0.3, 0.4) is 0 Å². The number of non-ortho nitro benzene ring substituents is 1. The number of nitro groups is 1. The number of carbonyl (C=O) groups excluding carboxylic acids is 1. The molecule has 1 amide bonds. The number of allylic oxidation sites excluding steroid dienone is 1. The van der Waals surface area contributed by atoms with Gasteiger partial charge in [-0.1, -0.05) is 78.7 Å². The number of benzene rings is 5. The summed E-state index contributed by atoms with van der Waals surface area (Å²) in [6.07, 6.45) is 12.0. The maximum atomic E-state index is 15.1. The minimum absolute atomic E-state index is 0.00436. The summed E-state index contributed by atoms with van der Waals surface area (Å²) in [5.41, 5.74) is 3.93. The number of nitro benzene ring substituents is 1. The standard InChI is InChI=1S/C57H63N3O10S/c1-4-6-33-66-56(63)59(37-42-17-13-16-40-14-7-8-18-47(40)42)53-36-51(58-68-38-39-20-22-43(23-21-39)60(64)65)49-34-41(15-9-11-30-61)48(19-10-12-31-62)54-50-35-45(69-44-24-27-46(71-3)28-25-44)26-29-52(50)70-57(53,55(49)54)67-32-5-2/h4-5,7-8,13-14,16-18,20-29,34-35,41,48,53-55,61-62H,1-2,6,9-12,15,19,30-33,36-38H2,3H3/t41-,48+,53-,54+,55+,57+/m0/s1. The summed E-state index contributed by atoms with van der Waals surface area (Å²) in [5.74, 6) is -0.557. The third-order valence-corrected chi connectivity index (χ3v) is 14.6. The van der Waals surface area contributed by atoms with Crippen molar-refractivity contribution in [3.8, 4) is 17.2 Å². The van der Waals surface area contributed by atoms with E-state index in [1.807, 2.05) is 85.1 Å². The van der Waals surface area contributed by atoms with Gasteiger partial charge in [-0.05, 0) is 132 Å². The number of aliphatic hydroxyl groups excluding tert-OH is 2. The van der Waals surface area contributed by atoms with E-state index < -0.39 is 28.8 Å². The zero-order valence-corrected chi connectivity index (χ0v) is 41.1. The molecule has 13 nitrogen and oxygen atoms in total. The van der Waals surface area contributed by atoms with Crippen LogP contribution in [0.4, 0.5) is 10.5 Å². The fraction of sp³-hybridized carbons (Fsp3) is 0.368. The van der Waals surface area contributed by atoms with E-state index in [9.17, 15) is 20.3 Å². The number of hydrogen-bond acceptors (Lipinski definition) is 12. The van der Waals surface area contributed by atoms with E-state index in [1.165, 1.54) is 12.1 Å². The van der Waals surface area contributed by atoms with Crippen molar-refractivity contribution >= 4 is 40.0 Å².